The lowest BCUT2D eigenvalue weighted by molar-refractivity contribution is -0.114. The minimum absolute atomic E-state index is 0.115. The molecule has 2 aromatic rings. The van der Waals surface area contributed by atoms with Gasteiger partial charge in [-0.2, -0.15) is 0 Å². The number of benzene rings is 1. The number of pyridine rings is 1. The van der Waals surface area contributed by atoms with E-state index in [4.69, 9.17) is 0 Å². The Morgan fingerprint density at radius 1 is 1.22 bits per heavy atom. The molecule has 0 fully saturated rings. The highest BCUT2D eigenvalue weighted by Gasteiger charge is 2.10. The Morgan fingerprint density at radius 3 is 2.50 bits per heavy atom. The molecule has 1 aromatic carbocycles. The van der Waals surface area contributed by atoms with Gasteiger partial charge in [-0.05, 0) is 23.8 Å². The quantitative estimate of drug-likeness (QED) is 0.866. The molecule has 0 aliphatic heterocycles. The molecular weight excluding hydrogens is 228 g/mol. The number of aliphatic hydroxyl groups is 1. The van der Waals surface area contributed by atoms with Crippen molar-refractivity contribution in [1.82, 2.24) is 4.98 Å². The minimum Gasteiger partial charge on any atom is -0.384 e. The third kappa shape index (κ3) is 2.93. The van der Waals surface area contributed by atoms with E-state index >= 15 is 0 Å². The number of hydrogen-bond acceptors (Lipinski definition) is 3. The highest BCUT2D eigenvalue weighted by molar-refractivity contribution is 5.88. The molecule has 18 heavy (non-hydrogen) atoms. The average molecular weight is 242 g/mol. The van der Waals surface area contributed by atoms with Crippen molar-refractivity contribution in [2.45, 2.75) is 13.0 Å². The van der Waals surface area contributed by atoms with E-state index in [2.05, 4.69) is 10.3 Å². The Kier molecular flexibility index (Phi) is 3.69. The average Bonchev–Trinajstić information content (AvgIpc) is 2.39. The molecule has 92 valence electrons. The number of nitrogens with one attached hydrogen (secondary N) is 1. The van der Waals surface area contributed by atoms with Crippen LogP contribution in [0.3, 0.4) is 0 Å². The van der Waals surface area contributed by atoms with Crippen LogP contribution >= 0.6 is 0 Å². The van der Waals surface area contributed by atoms with Crippen LogP contribution < -0.4 is 5.32 Å². The van der Waals surface area contributed by atoms with Gasteiger partial charge in [0, 0.05) is 30.6 Å². The minimum atomic E-state index is -0.704. The third-order valence-electron chi connectivity index (χ3n) is 2.55. The second kappa shape index (κ2) is 5.42. The predicted molar refractivity (Wildman–Crippen MR) is 69.0 cm³/mol. The molecule has 0 saturated heterocycles. The first kappa shape index (κ1) is 12.3. The Hall–Kier alpha value is -2.20. The Labute approximate surface area is 105 Å². The Bertz CT molecular complexity index is 523. The Morgan fingerprint density at radius 2 is 1.94 bits per heavy atom. The van der Waals surface area contributed by atoms with Crippen molar-refractivity contribution in [1.29, 1.82) is 0 Å². The van der Waals surface area contributed by atoms with Crippen LogP contribution in [0.1, 0.15) is 24.2 Å². The lowest BCUT2D eigenvalue weighted by Gasteiger charge is -2.11. The summed E-state index contributed by atoms with van der Waals surface area (Å²) in [4.78, 5) is 14.9. The first-order valence-corrected chi connectivity index (χ1v) is 5.62. The molecule has 0 aliphatic carbocycles. The van der Waals surface area contributed by atoms with Gasteiger partial charge in [0.05, 0.1) is 0 Å². The lowest BCUT2D eigenvalue weighted by atomic mass is 10.0. The number of hydrogen-bond donors (Lipinski definition) is 2. The van der Waals surface area contributed by atoms with E-state index < -0.39 is 6.10 Å². The maximum Gasteiger partial charge on any atom is 0.221 e. The van der Waals surface area contributed by atoms with Crippen molar-refractivity contribution < 1.29 is 9.90 Å². The van der Waals surface area contributed by atoms with Crippen LogP contribution in [0.4, 0.5) is 5.69 Å². The highest BCUT2D eigenvalue weighted by atomic mass is 16.3. The zero-order chi connectivity index (χ0) is 13.0. The molecule has 1 unspecified atom stereocenters. The number of carbonyl (C=O) groups excluding carboxylic acids is 1. The normalized spacial score (nSPS) is 11.9. The van der Waals surface area contributed by atoms with Gasteiger partial charge in [0.1, 0.15) is 6.10 Å². The third-order valence-corrected chi connectivity index (χ3v) is 2.55. The summed E-state index contributed by atoms with van der Waals surface area (Å²) < 4.78 is 0. The first-order valence-electron chi connectivity index (χ1n) is 5.62. The fourth-order valence-corrected chi connectivity index (χ4v) is 1.68. The van der Waals surface area contributed by atoms with E-state index in [1.54, 1.807) is 42.7 Å². The fourth-order valence-electron chi connectivity index (χ4n) is 1.68. The van der Waals surface area contributed by atoms with Gasteiger partial charge in [-0.3, -0.25) is 9.78 Å². The monoisotopic (exact) mass is 242 g/mol. The summed E-state index contributed by atoms with van der Waals surface area (Å²) in [6, 6.07) is 10.7. The van der Waals surface area contributed by atoms with E-state index in [0.717, 1.165) is 11.1 Å². The topological polar surface area (TPSA) is 62.2 Å². The number of rotatable bonds is 3. The summed E-state index contributed by atoms with van der Waals surface area (Å²) in [6.07, 6.45) is 2.59. The number of amides is 1. The molecule has 1 aromatic heterocycles. The molecule has 1 amide bonds. The standard InChI is InChI=1S/C14H14N2O2/c1-10(17)16-13-6-4-11(5-7-13)14(18)12-3-2-8-15-9-12/h2-9,14,18H,1H3,(H,16,17). The maximum absolute atomic E-state index is 10.9. The van der Waals surface area contributed by atoms with E-state index in [1.165, 1.54) is 6.92 Å². The van der Waals surface area contributed by atoms with Crippen molar-refractivity contribution >= 4 is 11.6 Å². The van der Waals surface area contributed by atoms with Crippen LogP contribution in [0.5, 0.6) is 0 Å². The zero-order valence-electron chi connectivity index (χ0n) is 10.00. The number of carbonyl (C=O) groups is 1. The molecule has 4 nitrogen and oxygen atoms in total. The van der Waals surface area contributed by atoms with Gasteiger partial charge in [0.15, 0.2) is 0 Å². The van der Waals surface area contributed by atoms with Gasteiger partial charge >= 0.3 is 0 Å². The van der Waals surface area contributed by atoms with Crippen molar-refractivity contribution in [3.8, 4) is 0 Å². The largest absolute Gasteiger partial charge is 0.384 e. The second-order valence-corrected chi connectivity index (χ2v) is 3.99. The van der Waals surface area contributed by atoms with Gasteiger partial charge in [0.25, 0.3) is 0 Å². The number of aromatic nitrogens is 1. The van der Waals surface area contributed by atoms with Crippen LogP contribution in [0.2, 0.25) is 0 Å². The van der Waals surface area contributed by atoms with Crippen LogP contribution in [-0.4, -0.2) is 16.0 Å². The number of aliphatic hydroxyl groups excluding tert-OH is 1. The van der Waals surface area contributed by atoms with Crippen molar-refractivity contribution in [2.24, 2.45) is 0 Å². The fraction of sp³-hybridized carbons (Fsp3) is 0.143. The van der Waals surface area contributed by atoms with Gasteiger partial charge in [0.2, 0.25) is 5.91 Å². The van der Waals surface area contributed by atoms with Gasteiger partial charge < -0.3 is 10.4 Å². The molecule has 0 spiro atoms. The Balaban J connectivity index is 2.17. The van der Waals surface area contributed by atoms with Gasteiger partial charge in [-0.15, -0.1) is 0 Å². The predicted octanol–water partition coefficient (Wildman–Crippen LogP) is 2.12. The SMILES string of the molecule is CC(=O)Nc1ccc(C(O)c2cccnc2)cc1. The second-order valence-electron chi connectivity index (χ2n) is 3.99. The molecule has 1 heterocycles. The van der Waals surface area contributed by atoms with Gasteiger partial charge in [-0.1, -0.05) is 18.2 Å². The van der Waals surface area contributed by atoms with Gasteiger partial charge in [-0.25, -0.2) is 0 Å². The van der Waals surface area contributed by atoms with E-state index in [0.29, 0.717) is 5.69 Å². The van der Waals surface area contributed by atoms with Crippen LogP contribution in [-0.2, 0) is 4.79 Å². The van der Waals surface area contributed by atoms with Crippen LogP contribution in [0, 0.1) is 0 Å². The number of anilines is 1. The van der Waals surface area contributed by atoms with Crippen LogP contribution in [0.25, 0.3) is 0 Å². The molecule has 0 radical (unpaired) electrons. The van der Waals surface area contributed by atoms with Crippen LogP contribution in [0.15, 0.2) is 48.8 Å². The summed E-state index contributed by atoms with van der Waals surface area (Å²) in [5.41, 5.74) is 2.21. The van der Waals surface area contributed by atoms with Crippen molar-refractivity contribution in [3.05, 3.63) is 59.9 Å². The summed E-state index contributed by atoms with van der Waals surface area (Å²) >= 11 is 0. The molecule has 2 rings (SSSR count). The summed E-state index contributed by atoms with van der Waals surface area (Å²) in [5, 5.41) is 12.8. The van der Waals surface area contributed by atoms with Crippen molar-refractivity contribution in [3.63, 3.8) is 0 Å². The highest BCUT2D eigenvalue weighted by Crippen LogP contribution is 2.22. The van der Waals surface area contributed by atoms with Crippen molar-refractivity contribution in [2.75, 3.05) is 5.32 Å². The first-order chi connectivity index (χ1) is 8.66. The van der Waals surface area contributed by atoms with E-state index in [-0.39, 0.29) is 5.91 Å². The lowest BCUT2D eigenvalue weighted by Crippen LogP contribution is -2.06. The van der Waals surface area contributed by atoms with E-state index in [1.807, 2.05) is 6.07 Å². The van der Waals surface area contributed by atoms with E-state index in [9.17, 15) is 9.90 Å². The molecule has 1 atom stereocenters. The summed E-state index contributed by atoms with van der Waals surface area (Å²) in [7, 11) is 0. The zero-order valence-corrected chi connectivity index (χ0v) is 10.00. The molecule has 0 aliphatic rings. The maximum atomic E-state index is 10.9. The molecule has 0 saturated carbocycles. The molecular formula is C14H14N2O2. The molecule has 0 bridgehead atoms. The number of nitrogens with zero attached hydrogens (tertiary/aromatic N) is 1. The summed E-state index contributed by atoms with van der Waals surface area (Å²) in [5.74, 6) is -0.115. The molecule has 4 heteroatoms. The summed E-state index contributed by atoms with van der Waals surface area (Å²) in [6.45, 7) is 1.46. The smallest absolute Gasteiger partial charge is 0.221 e. The molecule has 2 N–H and O–H groups in total.